The maximum absolute atomic E-state index is 12.5. The number of hydrazine groups is 1. The minimum atomic E-state index is -0.428. The molecule has 0 bridgehead atoms. The summed E-state index contributed by atoms with van der Waals surface area (Å²) in [5.74, 6) is 0.433. The molecule has 0 aliphatic heterocycles. The van der Waals surface area contributed by atoms with Gasteiger partial charge in [-0.2, -0.15) is 0 Å². The normalized spacial score (nSPS) is 10.4. The van der Waals surface area contributed by atoms with Gasteiger partial charge in [-0.15, -0.1) is 11.8 Å². The van der Waals surface area contributed by atoms with Crippen molar-refractivity contribution in [2.24, 2.45) is 0 Å². The number of nitrogens with zero attached hydrogens (tertiary/aromatic N) is 1. The molecule has 0 saturated carbocycles. The Bertz CT molecular complexity index is 957. The minimum absolute atomic E-state index is 0.392. The number of hydrogen-bond acceptors (Lipinski definition) is 5. The van der Waals surface area contributed by atoms with Crippen LogP contribution in [0.1, 0.15) is 32.2 Å². The second-order valence-corrected chi connectivity index (χ2v) is 7.09. The van der Waals surface area contributed by atoms with Crippen LogP contribution in [0.2, 0.25) is 5.02 Å². The predicted molar refractivity (Wildman–Crippen MR) is 104 cm³/mol. The van der Waals surface area contributed by atoms with Crippen molar-refractivity contribution < 1.29 is 14.1 Å². The number of amides is 2. The smallest absolute Gasteiger partial charge is 0.270 e. The standard InChI is InChI=1S/C19H16ClN3O3S/c1-12-10-15(26-23-12)11-27-17-5-3-2-4-16(17)19(25)22-21-18(24)13-6-8-14(20)9-7-13/h2-10H,11H2,1H3,(H,21,24)(H,22,25). The molecule has 0 aliphatic rings. The number of nitrogens with one attached hydrogen (secondary N) is 2. The zero-order chi connectivity index (χ0) is 19.2. The molecule has 3 rings (SSSR count). The Balaban J connectivity index is 1.62. The first kappa shape index (κ1) is 19.0. The van der Waals surface area contributed by atoms with Gasteiger partial charge >= 0.3 is 0 Å². The van der Waals surface area contributed by atoms with Crippen molar-refractivity contribution in [1.82, 2.24) is 16.0 Å². The number of carbonyl (C=O) groups excluding carboxylic acids is 2. The van der Waals surface area contributed by atoms with Crippen LogP contribution < -0.4 is 10.9 Å². The second kappa shape index (κ2) is 8.75. The Morgan fingerprint density at radius 2 is 1.78 bits per heavy atom. The van der Waals surface area contributed by atoms with Gasteiger partial charge in [0.15, 0.2) is 0 Å². The number of rotatable bonds is 5. The third kappa shape index (κ3) is 5.12. The van der Waals surface area contributed by atoms with Crippen LogP contribution in [-0.2, 0) is 5.75 Å². The summed E-state index contributed by atoms with van der Waals surface area (Å²) in [7, 11) is 0. The molecule has 0 fully saturated rings. The molecule has 1 aromatic heterocycles. The van der Waals surface area contributed by atoms with Crippen LogP contribution in [-0.4, -0.2) is 17.0 Å². The topological polar surface area (TPSA) is 84.2 Å². The lowest BCUT2D eigenvalue weighted by Gasteiger charge is -2.10. The van der Waals surface area contributed by atoms with Gasteiger partial charge in [-0.05, 0) is 43.3 Å². The average molecular weight is 402 g/mol. The number of carbonyl (C=O) groups is 2. The largest absolute Gasteiger partial charge is 0.360 e. The molecular weight excluding hydrogens is 386 g/mol. The molecule has 2 aromatic carbocycles. The minimum Gasteiger partial charge on any atom is -0.360 e. The summed E-state index contributed by atoms with van der Waals surface area (Å²) in [6.45, 7) is 1.85. The number of aromatic nitrogens is 1. The van der Waals surface area contributed by atoms with Gasteiger partial charge in [-0.3, -0.25) is 20.4 Å². The van der Waals surface area contributed by atoms with Crippen LogP contribution in [0.15, 0.2) is 64.0 Å². The lowest BCUT2D eigenvalue weighted by atomic mass is 10.2. The zero-order valence-electron chi connectivity index (χ0n) is 14.4. The van der Waals surface area contributed by atoms with E-state index in [1.54, 1.807) is 36.4 Å². The van der Waals surface area contributed by atoms with Crippen LogP contribution in [0.3, 0.4) is 0 Å². The Morgan fingerprint density at radius 1 is 1.07 bits per heavy atom. The van der Waals surface area contributed by atoms with Crippen LogP contribution in [0.25, 0.3) is 0 Å². The Labute approximate surface area is 165 Å². The molecule has 138 valence electrons. The fourth-order valence-electron chi connectivity index (χ4n) is 2.27. The fraction of sp³-hybridized carbons (Fsp3) is 0.105. The molecule has 0 radical (unpaired) electrons. The summed E-state index contributed by atoms with van der Waals surface area (Å²) < 4.78 is 5.18. The van der Waals surface area contributed by atoms with Crippen molar-refractivity contribution in [3.05, 3.63) is 82.2 Å². The highest BCUT2D eigenvalue weighted by molar-refractivity contribution is 7.98. The predicted octanol–water partition coefficient (Wildman–Crippen LogP) is 4.00. The van der Waals surface area contributed by atoms with Gasteiger partial charge in [0.05, 0.1) is 17.0 Å². The van der Waals surface area contributed by atoms with E-state index < -0.39 is 11.8 Å². The number of benzene rings is 2. The van der Waals surface area contributed by atoms with Gasteiger partial charge in [0.2, 0.25) is 0 Å². The molecule has 0 aliphatic carbocycles. The molecule has 0 atom stereocenters. The molecular formula is C19H16ClN3O3S. The monoisotopic (exact) mass is 401 g/mol. The van der Waals surface area contributed by atoms with Gasteiger partial charge in [0.1, 0.15) is 5.76 Å². The molecule has 0 unspecified atom stereocenters. The van der Waals surface area contributed by atoms with Gasteiger partial charge in [0.25, 0.3) is 11.8 Å². The molecule has 0 saturated heterocycles. The van der Waals surface area contributed by atoms with Crippen molar-refractivity contribution in [2.45, 2.75) is 17.6 Å². The molecule has 2 N–H and O–H groups in total. The van der Waals surface area contributed by atoms with Crippen molar-refractivity contribution >= 4 is 35.2 Å². The van der Waals surface area contributed by atoms with Crippen LogP contribution >= 0.6 is 23.4 Å². The van der Waals surface area contributed by atoms with E-state index in [1.807, 2.05) is 25.1 Å². The lowest BCUT2D eigenvalue weighted by molar-refractivity contribution is 0.0845. The van der Waals surface area contributed by atoms with E-state index in [0.717, 1.165) is 16.3 Å². The summed E-state index contributed by atoms with van der Waals surface area (Å²) in [5.41, 5.74) is 6.49. The van der Waals surface area contributed by atoms with E-state index >= 15 is 0 Å². The van der Waals surface area contributed by atoms with Gasteiger partial charge < -0.3 is 4.52 Å². The molecule has 2 amide bonds. The number of halogens is 1. The first-order chi connectivity index (χ1) is 13.0. The number of aryl methyl sites for hydroxylation is 1. The highest BCUT2D eigenvalue weighted by atomic mass is 35.5. The maximum atomic E-state index is 12.5. The Kier molecular flexibility index (Phi) is 6.16. The first-order valence-electron chi connectivity index (χ1n) is 8.03. The first-order valence-corrected chi connectivity index (χ1v) is 9.39. The van der Waals surface area contributed by atoms with E-state index in [2.05, 4.69) is 16.0 Å². The van der Waals surface area contributed by atoms with E-state index in [9.17, 15) is 9.59 Å². The highest BCUT2D eigenvalue weighted by Crippen LogP contribution is 2.26. The second-order valence-electron chi connectivity index (χ2n) is 5.63. The van der Waals surface area contributed by atoms with Gasteiger partial charge in [-0.25, -0.2) is 0 Å². The van der Waals surface area contributed by atoms with Crippen LogP contribution in [0, 0.1) is 6.92 Å². The molecule has 27 heavy (non-hydrogen) atoms. The summed E-state index contributed by atoms with van der Waals surface area (Å²) in [4.78, 5) is 25.3. The quantitative estimate of drug-likeness (QED) is 0.498. The van der Waals surface area contributed by atoms with Crippen molar-refractivity contribution in [3.63, 3.8) is 0 Å². The maximum Gasteiger partial charge on any atom is 0.270 e. The van der Waals surface area contributed by atoms with E-state index in [1.165, 1.54) is 11.8 Å². The molecule has 1 heterocycles. The summed E-state index contributed by atoms with van der Waals surface area (Å²) in [6, 6.07) is 15.4. The Morgan fingerprint density at radius 3 is 2.48 bits per heavy atom. The van der Waals surface area contributed by atoms with Crippen LogP contribution in [0.5, 0.6) is 0 Å². The van der Waals surface area contributed by atoms with E-state index in [4.69, 9.17) is 16.1 Å². The number of thioether (sulfide) groups is 1. The van der Waals surface area contributed by atoms with Crippen molar-refractivity contribution in [1.29, 1.82) is 0 Å². The highest BCUT2D eigenvalue weighted by Gasteiger charge is 2.14. The van der Waals surface area contributed by atoms with E-state index in [-0.39, 0.29) is 0 Å². The zero-order valence-corrected chi connectivity index (χ0v) is 15.9. The van der Waals surface area contributed by atoms with Crippen molar-refractivity contribution in [2.75, 3.05) is 0 Å². The average Bonchev–Trinajstić information content (AvgIpc) is 3.10. The summed E-state index contributed by atoms with van der Waals surface area (Å²) in [5, 5.41) is 4.38. The van der Waals surface area contributed by atoms with Crippen LogP contribution in [0.4, 0.5) is 0 Å². The third-order valence-corrected chi connectivity index (χ3v) is 4.92. The third-order valence-electron chi connectivity index (χ3n) is 3.57. The fourth-order valence-corrected chi connectivity index (χ4v) is 3.32. The van der Waals surface area contributed by atoms with Gasteiger partial charge in [-0.1, -0.05) is 28.9 Å². The summed E-state index contributed by atoms with van der Waals surface area (Å²) in [6.07, 6.45) is 0. The van der Waals surface area contributed by atoms with Crippen molar-refractivity contribution in [3.8, 4) is 0 Å². The number of hydrogen-bond donors (Lipinski definition) is 2. The molecule has 6 nitrogen and oxygen atoms in total. The molecule has 8 heteroatoms. The molecule has 3 aromatic rings. The lowest BCUT2D eigenvalue weighted by Crippen LogP contribution is -2.41. The molecule has 0 spiro atoms. The van der Waals surface area contributed by atoms with E-state index in [0.29, 0.717) is 21.9 Å². The Hall–Kier alpha value is -2.77. The van der Waals surface area contributed by atoms with Gasteiger partial charge in [0, 0.05) is 21.5 Å². The SMILES string of the molecule is Cc1cc(CSc2ccccc2C(=O)NNC(=O)c2ccc(Cl)cc2)on1. The summed E-state index contributed by atoms with van der Waals surface area (Å²) >= 11 is 7.25.